The Morgan fingerprint density at radius 2 is 2.26 bits per heavy atom. The molecule has 2 rings (SSSR count). The first-order valence-electron chi connectivity index (χ1n) is 5.45. The second-order valence-corrected chi connectivity index (χ2v) is 4.21. The van der Waals surface area contributed by atoms with E-state index >= 15 is 0 Å². The van der Waals surface area contributed by atoms with Gasteiger partial charge < -0.3 is 14.5 Å². The number of anilines is 1. The van der Waals surface area contributed by atoms with E-state index in [0.29, 0.717) is 22.0 Å². The second-order valence-electron chi connectivity index (χ2n) is 3.77. The van der Waals surface area contributed by atoms with Crippen LogP contribution < -0.4 is 5.32 Å². The standard InChI is InChI=1S/C13H11ClFNO3/c1-18-13(17)8-4-10(19-7-8)6-16-12-3-2-9(14)5-11(12)15/h2-5,7,16H,6H2,1H3. The molecule has 6 heteroatoms. The van der Waals surface area contributed by atoms with Gasteiger partial charge in [0.15, 0.2) is 0 Å². The van der Waals surface area contributed by atoms with Crippen LogP contribution in [0, 0.1) is 5.82 Å². The molecule has 1 aromatic carbocycles. The molecular formula is C13H11ClFNO3. The summed E-state index contributed by atoms with van der Waals surface area (Å²) >= 11 is 5.65. The minimum atomic E-state index is -0.479. The summed E-state index contributed by atoms with van der Waals surface area (Å²) in [6.45, 7) is 0.246. The van der Waals surface area contributed by atoms with Crippen LogP contribution in [0.3, 0.4) is 0 Å². The van der Waals surface area contributed by atoms with Crippen LogP contribution in [0.5, 0.6) is 0 Å². The maximum absolute atomic E-state index is 13.5. The Morgan fingerprint density at radius 1 is 1.47 bits per heavy atom. The van der Waals surface area contributed by atoms with Crippen LogP contribution in [0.2, 0.25) is 5.02 Å². The zero-order valence-corrected chi connectivity index (χ0v) is 10.8. The highest BCUT2D eigenvalue weighted by atomic mass is 35.5. The van der Waals surface area contributed by atoms with Crippen molar-refractivity contribution in [3.63, 3.8) is 0 Å². The largest absolute Gasteiger partial charge is 0.467 e. The van der Waals surface area contributed by atoms with E-state index in [1.54, 1.807) is 6.07 Å². The number of carbonyl (C=O) groups is 1. The number of furan rings is 1. The quantitative estimate of drug-likeness (QED) is 0.873. The molecule has 0 unspecified atom stereocenters. The molecule has 2 aromatic rings. The number of rotatable bonds is 4. The van der Waals surface area contributed by atoms with Crippen molar-refractivity contribution in [2.45, 2.75) is 6.54 Å². The van der Waals surface area contributed by atoms with Crippen LogP contribution in [0.25, 0.3) is 0 Å². The highest BCUT2D eigenvalue weighted by Crippen LogP contribution is 2.20. The van der Waals surface area contributed by atoms with Gasteiger partial charge in [-0.3, -0.25) is 0 Å². The van der Waals surface area contributed by atoms with Gasteiger partial charge in [0.05, 0.1) is 24.9 Å². The Bertz CT molecular complexity index is 597. The van der Waals surface area contributed by atoms with Crippen molar-refractivity contribution in [3.05, 3.63) is 52.7 Å². The summed E-state index contributed by atoms with van der Waals surface area (Å²) < 4.78 is 23.2. The molecule has 0 spiro atoms. The molecule has 0 aliphatic rings. The average Bonchev–Trinajstić information content (AvgIpc) is 2.85. The Labute approximate surface area is 114 Å². The third-order valence-corrected chi connectivity index (χ3v) is 2.69. The lowest BCUT2D eigenvalue weighted by Gasteiger charge is -2.05. The van der Waals surface area contributed by atoms with Gasteiger partial charge in [0.1, 0.15) is 17.8 Å². The molecule has 0 atom stereocenters. The van der Waals surface area contributed by atoms with Crippen LogP contribution in [0.15, 0.2) is 34.9 Å². The Hall–Kier alpha value is -2.01. The van der Waals surface area contributed by atoms with Gasteiger partial charge >= 0.3 is 5.97 Å². The monoisotopic (exact) mass is 283 g/mol. The minimum absolute atomic E-state index is 0.246. The molecule has 4 nitrogen and oxygen atoms in total. The molecular weight excluding hydrogens is 273 g/mol. The number of benzene rings is 1. The number of esters is 1. The van der Waals surface area contributed by atoms with Gasteiger partial charge in [-0.15, -0.1) is 0 Å². The lowest BCUT2D eigenvalue weighted by Crippen LogP contribution is -2.01. The van der Waals surface area contributed by atoms with E-state index in [-0.39, 0.29) is 6.54 Å². The van der Waals surface area contributed by atoms with E-state index in [9.17, 15) is 9.18 Å². The predicted molar refractivity (Wildman–Crippen MR) is 68.8 cm³/mol. The van der Waals surface area contributed by atoms with Crippen molar-refractivity contribution in [1.82, 2.24) is 0 Å². The molecule has 0 bridgehead atoms. The number of carbonyl (C=O) groups excluding carboxylic acids is 1. The topological polar surface area (TPSA) is 51.5 Å². The summed E-state index contributed by atoms with van der Waals surface area (Å²) in [5, 5.41) is 3.18. The van der Waals surface area contributed by atoms with Gasteiger partial charge in [-0.05, 0) is 24.3 Å². The maximum Gasteiger partial charge on any atom is 0.341 e. The number of hydrogen-bond acceptors (Lipinski definition) is 4. The van der Waals surface area contributed by atoms with Crippen molar-refractivity contribution < 1.29 is 18.3 Å². The molecule has 0 aliphatic carbocycles. The van der Waals surface area contributed by atoms with Crippen LogP contribution in [0.1, 0.15) is 16.1 Å². The molecule has 100 valence electrons. The van der Waals surface area contributed by atoms with E-state index in [0.717, 1.165) is 0 Å². The maximum atomic E-state index is 13.5. The molecule has 0 fully saturated rings. The van der Waals surface area contributed by atoms with Gasteiger partial charge in [0.25, 0.3) is 0 Å². The number of methoxy groups -OCH3 is 1. The molecule has 19 heavy (non-hydrogen) atoms. The van der Waals surface area contributed by atoms with Crippen molar-refractivity contribution in [1.29, 1.82) is 0 Å². The van der Waals surface area contributed by atoms with Gasteiger partial charge in [-0.25, -0.2) is 9.18 Å². The summed E-state index contributed by atoms with van der Waals surface area (Å²) in [6.07, 6.45) is 1.29. The first-order chi connectivity index (χ1) is 9.10. The Balaban J connectivity index is 2.02. The number of nitrogens with one attached hydrogen (secondary N) is 1. The fraction of sp³-hybridized carbons (Fsp3) is 0.154. The highest BCUT2D eigenvalue weighted by molar-refractivity contribution is 6.30. The SMILES string of the molecule is COC(=O)c1coc(CNc2ccc(Cl)cc2F)c1. The van der Waals surface area contributed by atoms with Crippen LogP contribution >= 0.6 is 11.6 Å². The predicted octanol–water partition coefficient (Wildman–Crippen LogP) is 3.47. The summed E-state index contributed by atoms with van der Waals surface area (Å²) in [5.74, 6) is -0.435. The molecule has 0 amide bonds. The fourth-order valence-electron chi connectivity index (χ4n) is 1.51. The number of ether oxygens (including phenoxy) is 1. The zero-order chi connectivity index (χ0) is 13.8. The summed E-state index contributed by atoms with van der Waals surface area (Å²) in [5.41, 5.74) is 0.622. The molecule has 0 radical (unpaired) electrons. The first kappa shape index (κ1) is 13.4. The van der Waals surface area contributed by atoms with Crippen LogP contribution in [-0.2, 0) is 11.3 Å². The molecule has 0 saturated heterocycles. The third-order valence-electron chi connectivity index (χ3n) is 2.46. The van der Waals surface area contributed by atoms with E-state index < -0.39 is 11.8 Å². The highest BCUT2D eigenvalue weighted by Gasteiger charge is 2.10. The second kappa shape index (κ2) is 5.75. The van der Waals surface area contributed by atoms with Crippen molar-refractivity contribution in [2.75, 3.05) is 12.4 Å². The smallest absolute Gasteiger partial charge is 0.341 e. The summed E-state index contributed by atoms with van der Waals surface area (Å²) in [4.78, 5) is 11.2. The third kappa shape index (κ3) is 3.26. The van der Waals surface area contributed by atoms with E-state index in [4.69, 9.17) is 16.0 Å². The van der Waals surface area contributed by atoms with Crippen LogP contribution in [0.4, 0.5) is 10.1 Å². The average molecular weight is 284 g/mol. The zero-order valence-electron chi connectivity index (χ0n) is 10.1. The van der Waals surface area contributed by atoms with E-state index in [1.165, 1.54) is 31.6 Å². The Kier molecular flexibility index (Phi) is 4.06. The lowest BCUT2D eigenvalue weighted by molar-refractivity contribution is 0.0600. The molecule has 1 N–H and O–H groups in total. The van der Waals surface area contributed by atoms with Crippen molar-refractivity contribution in [2.24, 2.45) is 0 Å². The molecule has 1 aromatic heterocycles. The minimum Gasteiger partial charge on any atom is -0.467 e. The number of halogens is 2. The number of hydrogen-bond donors (Lipinski definition) is 1. The van der Waals surface area contributed by atoms with E-state index in [2.05, 4.69) is 10.1 Å². The fourth-order valence-corrected chi connectivity index (χ4v) is 1.67. The van der Waals surface area contributed by atoms with Gasteiger partial charge in [-0.2, -0.15) is 0 Å². The van der Waals surface area contributed by atoms with Crippen molar-refractivity contribution >= 4 is 23.3 Å². The molecule has 1 heterocycles. The molecule has 0 aliphatic heterocycles. The van der Waals surface area contributed by atoms with Crippen LogP contribution in [-0.4, -0.2) is 13.1 Å². The summed E-state index contributed by atoms with van der Waals surface area (Å²) in [6, 6.07) is 5.86. The normalized spacial score (nSPS) is 10.3. The van der Waals surface area contributed by atoms with Crippen molar-refractivity contribution in [3.8, 4) is 0 Å². The summed E-state index contributed by atoms with van der Waals surface area (Å²) in [7, 11) is 1.29. The Morgan fingerprint density at radius 3 is 2.95 bits per heavy atom. The van der Waals surface area contributed by atoms with E-state index in [1.807, 2.05) is 0 Å². The molecule has 0 saturated carbocycles. The van der Waals surface area contributed by atoms with Gasteiger partial charge in [0, 0.05) is 5.02 Å². The van der Waals surface area contributed by atoms with Gasteiger partial charge in [0.2, 0.25) is 0 Å². The first-order valence-corrected chi connectivity index (χ1v) is 5.82. The lowest BCUT2D eigenvalue weighted by atomic mass is 10.3. The van der Waals surface area contributed by atoms with Gasteiger partial charge in [-0.1, -0.05) is 11.6 Å².